The fourth-order valence-electron chi connectivity index (χ4n) is 3.47. The van der Waals surface area contributed by atoms with E-state index in [-0.39, 0.29) is 18.3 Å². The summed E-state index contributed by atoms with van der Waals surface area (Å²) >= 11 is 4.69. The van der Waals surface area contributed by atoms with Gasteiger partial charge in [-0.05, 0) is 60.5 Å². The molecule has 3 aromatic heterocycles. The van der Waals surface area contributed by atoms with Crippen LogP contribution in [0.1, 0.15) is 33.3 Å². The Balaban J connectivity index is 1.93. The second-order valence-electron chi connectivity index (χ2n) is 7.20. The lowest BCUT2D eigenvalue weighted by atomic mass is 10.1. The third-order valence-corrected chi connectivity index (χ3v) is 6.79. The highest BCUT2D eigenvalue weighted by atomic mass is 79.9. The monoisotopic (exact) mass is 525 g/mol. The Morgan fingerprint density at radius 3 is 2.64 bits per heavy atom. The molecular formula is C24H20BrN3O4S. The maximum atomic E-state index is 13.2. The standard InChI is InChI=1S/C24H20BrN3O4S/c1-4-32-24(31)20-13(2)14(3)33-21(20)27-12-18-16-7-5-6-8-17(16)22(29)28(23(18)30)19-10-9-15(25)11-26-19/h5-12,30H,4H2,1-3H3. The molecule has 0 fully saturated rings. The van der Waals surface area contributed by atoms with Crippen LogP contribution in [0.4, 0.5) is 5.00 Å². The van der Waals surface area contributed by atoms with Crippen molar-refractivity contribution in [2.24, 2.45) is 4.99 Å². The van der Waals surface area contributed by atoms with Gasteiger partial charge in [-0.25, -0.2) is 19.3 Å². The summed E-state index contributed by atoms with van der Waals surface area (Å²) in [5.74, 6) is -0.458. The summed E-state index contributed by atoms with van der Waals surface area (Å²) in [7, 11) is 0. The fraction of sp³-hybridized carbons (Fsp3) is 0.167. The van der Waals surface area contributed by atoms with Crippen LogP contribution in [0.2, 0.25) is 0 Å². The first-order chi connectivity index (χ1) is 15.8. The molecule has 168 valence electrons. The fourth-order valence-corrected chi connectivity index (χ4v) is 4.69. The number of rotatable bonds is 5. The largest absolute Gasteiger partial charge is 0.494 e. The van der Waals surface area contributed by atoms with Gasteiger partial charge in [-0.15, -0.1) is 11.3 Å². The van der Waals surface area contributed by atoms with Crippen LogP contribution < -0.4 is 5.56 Å². The number of pyridine rings is 2. The van der Waals surface area contributed by atoms with Crippen molar-refractivity contribution in [1.82, 2.24) is 9.55 Å². The maximum absolute atomic E-state index is 13.2. The SMILES string of the molecule is CCOC(=O)c1c(N=Cc2c(O)n(-c3ccc(Br)cn3)c(=O)c3ccccc23)sc(C)c1C. The predicted octanol–water partition coefficient (Wildman–Crippen LogP) is 5.46. The van der Waals surface area contributed by atoms with Crippen LogP contribution in [0.25, 0.3) is 16.6 Å². The van der Waals surface area contributed by atoms with Crippen molar-refractivity contribution in [3.05, 3.63) is 79.0 Å². The first-order valence-electron chi connectivity index (χ1n) is 10.1. The van der Waals surface area contributed by atoms with Crippen LogP contribution in [0.3, 0.4) is 0 Å². The van der Waals surface area contributed by atoms with Gasteiger partial charge in [0, 0.05) is 32.5 Å². The number of carbonyl (C=O) groups is 1. The third kappa shape index (κ3) is 4.21. The minimum Gasteiger partial charge on any atom is -0.494 e. The van der Waals surface area contributed by atoms with E-state index < -0.39 is 11.5 Å². The molecule has 4 aromatic rings. The van der Waals surface area contributed by atoms with Gasteiger partial charge in [0.15, 0.2) is 0 Å². The summed E-state index contributed by atoms with van der Waals surface area (Å²) in [4.78, 5) is 35.4. The molecular weight excluding hydrogens is 506 g/mol. The summed E-state index contributed by atoms with van der Waals surface area (Å²) in [5, 5.41) is 12.6. The number of aryl methyl sites for hydroxylation is 1. The molecule has 0 spiro atoms. The van der Waals surface area contributed by atoms with E-state index in [1.807, 2.05) is 13.8 Å². The van der Waals surface area contributed by atoms with Crippen molar-refractivity contribution >= 4 is 55.2 Å². The van der Waals surface area contributed by atoms with Crippen LogP contribution in [-0.2, 0) is 4.74 Å². The molecule has 7 nitrogen and oxygen atoms in total. The number of carbonyl (C=O) groups excluding carboxylic acids is 1. The minimum absolute atomic E-state index is 0.257. The van der Waals surface area contributed by atoms with Gasteiger partial charge in [-0.3, -0.25) is 4.79 Å². The van der Waals surface area contributed by atoms with E-state index in [1.165, 1.54) is 17.6 Å². The molecule has 0 amide bonds. The zero-order valence-corrected chi connectivity index (χ0v) is 20.5. The number of aromatic hydroxyl groups is 1. The molecule has 9 heteroatoms. The molecule has 4 rings (SSSR count). The smallest absolute Gasteiger partial charge is 0.341 e. The zero-order valence-electron chi connectivity index (χ0n) is 18.1. The first-order valence-corrected chi connectivity index (χ1v) is 11.7. The number of halogens is 1. The number of benzene rings is 1. The molecule has 0 aliphatic rings. The number of hydrogen-bond donors (Lipinski definition) is 1. The Bertz CT molecular complexity index is 1460. The number of thiophene rings is 1. The number of aliphatic imine (C=N–C) groups is 1. The summed E-state index contributed by atoms with van der Waals surface area (Å²) in [5.41, 5.74) is 1.16. The molecule has 1 aromatic carbocycles. The van der Waals surface area contributed by atoms with E-state index >= 15 is 0 Å². The summed E-state index contributed by atoms with van der Waals surface area (Å²) in [6.45, 7) is 5.77. The van der Waals surface area contributed by atoms with E-state index in [9.17, 15) is 14.7 Å². The zero-order chi connectivity index (χ0) is 23.7. The number of aromatic nitrogens is 2. The van der Waals surface area contributed by atoms with Crippen molar-refractivity contribution < 1.29 is 14.6 Å². The van der Waals surface area contributed by atoms with Crippen LogP contribution >= 0.6 is 27.3 Å². The molecule has 3 heterocycles. The molecule has 0 radical (unpaired) electrons. The van der Waals surface area contributed by atoms with Crippen molar-refractivity contribution in [2.75, 3.05) is 6.61 Å². The highest BCUT2D eigenvalue weighted by molar-refractivity contribution is 9.10. The average Bonchev–Trinajstić information content (AvgIpc) is 3.08. The second kappa shape index (κ2) is 9.29. The summed E-state index contributed by atoms with van der Waals surface area (Å²) in [6.07, 6.45) is 3.02. The molecule has 0 atom stereocenters. The van der Waals surface area contributed by atoms with Gasteiger partial charge in [-0.1, -0.05) is 18.2 Å². The molecule has 0 aliphatic carbocycles. The minimum atomic E-state index is -0.440. The van der Waals surface area contributed by atoms with Gasteiger partial charge in [0.05, 0.1) is 17.7 Å². The summed E-state index contributed by atoms with van der Waals surface area (Å²) < 4.78 is 7.09. The van der Waals surface area contributed by atoms with Crippen LogP contribution in [0.5, 0.6) is 5.88 Å². The van der Waals surface area contributed by atoms with E-state index in [4.69, 9.17) is 4.74 Å². The normalized spacial score (nSPS) is 11.4. The number of ether oxygens (including phenoxy) is 1. The van der Waals surface area contributed by atoms with Gasteiger partial charge in [0.1, 0.15) is 10.8 Å². The second-order valence-corrected chi connectivity index (χ2v) is 9.32. The van der Waals surface area contributed by atoms with Crippen LogP contribution in [0, 0.1) is 13.8 Å². The average molecular weight is 526 g/mol. The van der Waals surface area contributed by atoms with E-state index in [1.54, 1.807) is 49.5 Å². The van der Waals surface area contributed by atoms with Gasteiger partial charge >= 0.3 is 5.97 Å². The molecule has 0 saturated carbocycles. The lowest BCUT2D eigenvalue weighted by molar-refractivity contribution is 0.0527. The van der Waals surface area contributed by atoms with Crippen LogP contribution in [-0.4, -0.2) is 33.4 Å². The van der Waals surface area contributed by atoms with E-state index in [2.05, 4.69) is 25.9 Å². The van der Waals surface area contributed by atoms with Gasteiger partial charge in [0.25, 0.3) is 5.56 Å². The molecule has 0 aliphatic heterocycles. The Kier molecular flexibility index (Phi) is 6.44. The Morgan fingerprint density at radius 1 is 1.24 bits per heavy atom. The Labute approximate surface area is 202 Å². The number of hydrogen-bond acceptors (Lipinski definition) is 7. The molecule has 0 saturated heterocycles. The highest BCUT2D eigenvalue weighted by Gasteiger charge is 2.21. The van der Waals surface area contributed by atoms with E-state index in [0.717, 1.165) is 19.5 Å². The number of nitrogens with zero attached hydrogens (tertiary/aromatic N) is 3. The topological polar surface area (TPSA) is 93.8 Å². The Hall–Kier alpha value is -3.30. The molecule has 33 heavy (non-hydrogen) atoms. The van der Waals surface area contributed by atoms with Crippen molar-refractivity contribution in [1.29, 1.82) is 0 Å². The summed E-state index contributed by atoms with van der Waals surface area (Å²) in [6, 6.07) is 10.3. The van der Waals surface area contributed by atoms with Crippen molar-refractivity contribution in [3.8, 4) is 11.7 Å². The predicted molar refractivity (Wildman–Crippen MR) is 134 cm³/mol. The van der Waals surface area contributed by atoms with Gasteiger partial charge in [-0.2, -0.15) is 0 Å². The lowest BCUT2D eigenvalue weighted by Crippen LogP contribution is -2.21. The molecule has 0 unspecified atom stereocenters. The molecule has 0 bridgehead atoms. The van der Waals surface area contributed by atoms with Crippen LogP contribution in [0.15, 0.2) is 56.9 Å². The Morgan fingerprint density at radius 2 is 1.97 bits per heavy atom. The van der Waals surface area contributed by atoms with E-state index in [0.29, 0.717) is 26.9 Å². The van der Waals surface area contributed by atoms with Crippen molar-refractivity contribution in [2.45, 2.75) is 20.8 Å². The number of fused-ring (bicyclic) bond motifs is 1. The van der Waals surface area contributed by atoms with Gasteiger partial charge < -0.3 is 9.84 Å². The molecule has 1 N–H and O–H groups in total. The van der Waals surface area contributed by atoms with Gasteiger partial charge in [0.2, 0.25) is 5.88 Å². The lowest BCUT2D eigenvalue weighted by Gasteiger charge is -2.13. The quantitative estimate of drug-likeness (QED) is 0.275. The number of esters is 1. The maximum Gasteiger partial charge on any atom is 0.341 e. The van der Waals surface area contributed by atoms with Crippen molar-refractivity contribution in [3.63, 3.8) is 0 Å². The highest BCUT2D eigenvalue weighted by Crippen LogP contribution is 2.36. The first kappa shape index (κ1) is 22.9. The third-order valence-electron chi connectivity index (χ3n) is 5.20.